The predicted molar refractivity (Wildman–Crippen MR) is 88.7 cm³/mol. The first-order valence-electron chi connectivity index (χ1n) is 6.34. The number of hydrogen-bond donors (Lipinski definition) is 0. The molecule has 2 heteroatoms. The van der Waals surface area contributed by atoms with Crippen molar-refractivity contribution in [2.45, 2.75) is 49.0 Å². The summed E-state index contributed by atoms with van der Waals surface area (Å²) in [6, 6.07) is 8.00. The smallest absolute Gasteiger partial charge is 0.330 e. The standard InChI is InChI=1S/C16H22O2.2CH4/c1-5-16(3,4)12-18-15(17)11-10-14-8-6-13(2)7-9-14;;/h6-11H,5,12H2,1-4H3;2*1H4/b11-10+;;. The lowest BCUT2D eigenvalue weighted by Gasteiger charge is -2.21. The van der Waals surface area contributed by atoms with E-state index < -0.39 is 0 Å². The van der Waals surface area contributed by atoms with Crippen molar-refractivity contribution in [1.82, 2.24) is 0 Å². The Kier molecular flexibility index (Phi) is 9.70. The summed E-state index contributed by atoms with van der Waals surface area (Å²) < 4.78 is 5.22. The Bertz CT molecular complexity index is 414. The predicted octanol–water partition coefficient (Wildman–Crippen LogP) is 5.26. The molecule has 0 fully saturated rings. The highest BCUT2D eigenvalue weighted by Gasteiger charge is 2.16. The molecule has 20 heavy (non-hydrogen) atoms. The summed E-state index contributed by atoms with van der Waals surface area (Å²) in [7, 11) is 0. The van der Waals surface area contributed by atoms with Crippen LogP contribution >= 0.6 is 0 Å². The summed E-state index contributed by atoms with van der Waals surface area (Å²) >= 11 is 0. The number of esters is 1. The zero-order valence-corrected chi connectivity index (χ0v) is 11.7. The maximum absolute atomic E-state index is 11.5. The summed E-state index contributed by atoms with van der Waals surface area (Å²) in [5.41, 5.74) is 2.26. The molecule has 0 aliphatic carbocycles. The molecule has 0 N–H and O–H groups in total. The SMILES string of the molecule is C.C.CCC(C)(C)COC(=O)/C=C/c1ccc(C)cc1. The van der Waals surface area contributed by atoms with Crippen molar-refractivity contribution in [2.75, 3.05) is 6.61 Å². The van der Waals surface area contributed by atoms with Gasteiger partial charge in [-0.2, -0.15) is 0 Å². The quantitative estimate of drug-likeness (QED) is 0.542. The third-order valence-electron chi connectivity index (χ3n) is 3.05. The van der Waals surface area contributed by atoms with Crippen LogP contribution in [-0.4, -0.2) is 12.6 Å². The van der Waals surface area contributed by atoms with Gasteiger partial charge in [-0.1, -0.05) is 65.5 Å². The Morgan fingerprint density at radius 1 is 1.20 bits per heavy atom. The Balaban J connectivity index is 0. The minimum absolute atomic E-state index is 0. The van der Waals surface area contributed by atoms with E-state index in [1.165, 1.54) is 11.6 Å². The highest BCUT2D eigenvalue weighted by atomic mass is 16.5. The highest BCUT2D eigenvalue weighted by Crippen LogP contribution is 2.19. The van der Waals surface area contributed by atoms with Gasteiger partial charge in [0.2, 0.25) is 0 Å². The number of rotatable bonds is 5. The maximum Gasteiger partial charge on any atom is 0.330 e. The van der Waals surface area contributed by atoms with Crippen molar-refractivity contribution in [3.05, 3.63) is 41.5 Å². The second-order valence-electron chi connectivity index (χ2n) is 5.37. The van der Waals surface area contributed by atoms with Crippen molar-refractivity contribution in [3.63, 3.8) is 0 Å². The van der Waals surface area contributed by atoms with Crippen LogP contribution in [0.1, 0.15) is 53.2 Å². The number of carbonyl (C=O) groups excluding carboxylic acids is 1. The van der Waals surface area contributed by atoms with Crippen LogP contribution in [0.15, 0.2) is 30.3 Å². The van der Waals surface area contributed by atoms with Gasteiger partial charge >= 0.3 is 5.97 Å². The average molecular weight is 278 g/mol. The van der Waals surface area contributed by atoms with Gasteiger partial charge in [-0.15, -0.1) is 0 Å². The third-order valence-corrected chi connectivity index (χ3v) is 3.05. The molecular formula is C18H30O2. The minimum atomic E-state index is -0.280. The van der Waals surface area contributed by atoms with Gasteiger partial charge in [0.25, 0.3) is 0 Å². The van der Waals surface area contributed by atoms with Crippen molar-refractivity contribution in [2.24, 2.45) is 5.41 Å². The fourth-order valence-corrected chi connectivity index (χ4v) is 1.26. The van der Waals surface area contributed by atoms with Crippen LogP contribution in [-0.2, 0) is 9.53 Å². The molecule has 0 aromatic heterocycles. The maximum atomic E-state index is 11.5. The Labute approximate surface area is 124 Å². The Morgan fingerprint density at radius 3 is 2.25 bits per heavy atom. The van der Waals surface area contributed by atoms with Gasteiger partial charge in [-0.25, -0.2) is 4.79 Å². The first-order valence-corrected chi connectivity index (χ1v) is 6.34. The van der Waals surface area contributed by atoms with Gasteiger partial charge in [0.15, 0.2) is 0 Å². The summed E-state index contributed by atoms with van der Waals surface area (Å²) in [4.78, 5) is 11.5. The molecule has 2 nitrogen and oxygen atoms in total. The molecule has 0 saturated carbocycles. The summed E-state index contributed by atoms with van der Waals surface area (Å²) in [6.45, 7) is 8.76. The van der Waals surface area contributed by atoms with E-state index in [4.69, 9.17) is 4.74 Å². The molecule has 0 saturated heterocycles. The van der Waals surface area contributed by atoms with Gasteiger partial charge in [0.05, 0.1) is 6.61 Å². The minimum Gasteiger partial charge on any atom is -0.462 e. The molecule has 1 aromatic carbocycles. The van der Waals surface area contributed by atoms with Crippen molar-refractivity contribution >= 4 is 12.0 Å². The first kappa shape index (κ1) is 20.7. The monoisotopic (exact) mass is 278 g/mol. The van der Waals surface area contributed by atoms with E-state index in [0.717, 1.165) is 12.0 Å². The van der Waals surface area contributed by atoms with E-state index in [1.54, 1.807) is 6.08 Å². The molecule has 114 valence electrons. The lowest BCUT2D eigenvalue weighted by Crippen LogP contribution is -2.20. The number of carbonyl (C=O) groups is 1. The van der Waals surface area contributed by atoms with E-state index in [9.17, 15) is 4.79 Å². The first-order chi connectivity index (χ1) is 8.43. The Hall–Kier alpha value is -1.57. The second-order valence-corrected chi connectivity index (χ2v) is 5.37. The lowest BCUT2D eigenvalue weighted by molar-refractivity contribution is -0.140. The number of benzene rings is 1. The molecular weight excluding hydrogens is 248 g/mol. The van der Waals surface area contributed by atoms with Gasteiger partial charge in [0.1, 0.15) is 0 Å². The van der Waals surface area contributed by atoms with Gasteiger partial charge in [0, 0.05) is 6.08 Å². The summed E-state index contributed by atoms with van der Waals surface area (Å²) in [6.07, 6.45) is 4.25. The molecule has 0 aliphatic heterocycles. The van der Waals surface area contributed by atoms with Crippen LogP contribution in [0.2, 0.25) is 0 Å². The summed E-state index contributed by atoms with van der Waals surface area (Å²) in [5, 5.41) is 0. The second kappa shape index (κ2) is 9.35. The molecule has 0 unspecified atom stereocenters. The van der Waals surface area contributed by atoms with Crippen LogP contribution in [0.25, 0.3) is 6.08 Å². The molecule has 1 rings (SSSR count). The van der Waals surface area contributed by atoms with E-state index in [-0.39, 0.29) is 26.2 Å². The number of ether oxygens (including phenoxy) is 1. The van der Waals surface area contributed by atoms with E-state index in [2.05, 4.69) is 20.8 Å². The summed E-state index contributed by atoms with van der Waals surface area (Å²) in [5.74, 6) is -0.280. The fourth-order valence-electron chi connectivity index (χ4n) is 1.26. The molecule has 0 amide bonds. The Morgan fingerprint density at radius 2 is 1.75 bits per heavy atom. The third kappa shape index (κ3) is 7.78. The molecule has 0 radical (unpaired) electrons. The zero-order valence-electron chi connectivity index (χ0n) is 11.7. The van der Waals surface area contributed by atoms with Crippen LogP contribution in [0.5, 0.6) is 0 Å². The van der Waals surface area contributed by atoms with Crippen LogP contribution < -0.4 is 0 Å². The zero-order chi connectivity index (χ0) is 13.6. The van der Waals surface area contributed by atoms with Crippen molar-refractivity contribution < 1.29 is 9.53 Å². The largest absolute Gasteiger partial charge is 0.462 e. The molecule has 0 bridgehead atoms. The van der Waals surface area contributed by atoms with Crippen molar-refractivity contribution in [1.29, 1.82) is 0 Å². The van der Waals surface area contributed by atoms with Gasteiger partial charge < -0.3 is 4.74 Å². The molecule has 1 aromatic rings. The van der Waals surface area contributed by atoms with Crippen LogP contribution in [0, 0.1) is 12.3 Å². The molecule has 0 heterocycles. The molecule has 0 spiro atoms. The number of aryl methyl sites for hydroxylation is 1. The van der Waals surface area contributed by atoms with Crippen LogP contribution in [0.3, 0.4) is 0 Å². The highest BCUT2D eigenvalue weighted by molar-refractivity contribution is 5.87. The molecule has 0 atom stereocenters. The van der Waals surface area contributed by atoms with Gasteiger partial charge in [-0.3, -0.25) is 0 Å². The van der Waals surface area contributed by atoms with E-state index >= 15 is 0 Å². The van der Waals surface area contributed by atoms with E-state index in [1.807, 2.05) is 31.2 Å². The van der Waals surface area contributed by atoms with E-state index in [0.29, 0.717) is 6.61 Å². The van der Waals surface area contributed by atoms with Gasteiger partial charge in [-0.05, 0) is 30.4 Å². The fraction of sp³-hybridized carbons (Fsp3) is 0.500. The van der Waals surface area contributed by atoms with Crippen molar-refractivity contribution in [3.8, 4) is 0 Å². The lowest BCUT2D eigenvalue weighted by atomic mass is 9.92. The normalized spacial score (nSPS) is 10.6. The number of hydrogen-bond acceptors (Lipinski definition) is 2. The molecule has 0 aliphatic rings. The average Bonchev–Trinajstić information content (AvgIpc) is 2.36. The van der Waals surface area contributed by atoms with Crippen LogP contribution in [0.4, 0.5) is 0 Å². The topological polar surface area (TPSA) is 26.3 Å².